The zero-order valence-corrected chi connectivity index (χ0v) is 12.8. The van der Waals surface area contributed by atoms with Gasteiger partial charge in [0, 0.05) is 10.9 Å². The van der Waals surface area contributed by atoms with Gasteiger partial charge < -0.3 is 10.1 Å². The summed E-state index contributed by atoms with van der Waals surface area (Å²) in [6.45, 7) is 0. The number of nitrogens with one attached hydrogen (secondary N) is 1. The van der Waals surface area contributed by atoms with Crippen molar-refractivity contribution in [2.24, 2.45) is 0 Å². The highest BCUT2D eigenvalue weighted by molar-refractivity contribution is 7.13. The number of nitrogens with zero attached hydrogens (tertiary/aromatic N) is 1. The molecule has 0 saturated heterocycles. The lowest BCUT2D eigenvalue weighted by Gasteiger charge is -2.08. The number of methoxy groups -OCH3 is 1. The highest BCUT2D eigenvalue weighted by atomic mass is 32.1. The highest BCUT2D eigenvalue weighted by Gasteiger charge is 2.13. The zero-order chi connectivity index (χ0) is 15.4. The quantitative estimate of drug-likeness (QED) is 0.790. The Balaban J connectivity index is 1.80. The van der Waals surface area contributed by atoms with E-state index in [9.17, 15) is 4.79 Å². The van der Waals surface area contributed by atoms with Gasteiger partial charge in [-0.3, -0.25) is 4.79 Å². The number of carbonyl (C=O) groups is 1. The van der Waals surface area contributed by atoms with Crippen molar-refractivity contribution in [2.75, 3.05) is 12.4 Å². The van der Waals surface area contributed by atoms with Crippen molar-refractivity contribution in [1.29, 1.82) is 0 Å². The Morgan fingerprint density at radius 1 is 1.09 bits per heavy atom. The first-order chi connectivity index (χ1) is 10.8. The summed E-state index contributed by atoms with van der Waals surface area (Å²) < 4.78 is 5.22. The molecule has 0 radical (unpaired) electrons. The van der Waals surface area contributed by atoms with Crippen LogP contribution in [0.15, 0.2) is 60.0 Å². The Hall–Kier alpha value is -2.66. The number of hydrogen-bond acceptors (Lipinski definition) is 4. The van der Waals surface area contributed by atoms with Crippen LogP contribution >= 0.6 is 11.3 Å². The number of anilines is 1. The predicted octanol–water partition coefficient (Wildman–Crippen LogP) is 4.07. The summed E-state index contributed by atoms with van der Waals surface area (Å²) in [5.41, 5.74) is 2.03. The van der Waals surface area contributed by atoms with Gasteiger partial charge in [0.05, 0.1) is 12.8 Å². The minimum Gasteiger partial charge on any atom is -0.495 e. The first-order valence-electron chi connectivity index (χ1n) is 6.73. The molecule has 0 unspecified atom stereocenters. The smallest absolute Gasteiger partial charge is 0.275 e. The Morgan fingerprint density at radius 3 is 2.59 bits per heavy atom. The van der Waals surface area contributed by atoms with Crippen LogP contribution in [-0.4, -0.2) is 18.0 Å². The van der Waals surface area contributed by atoms with E-state index in [-0.39, 0.29) is 5.91 Å². The van der Waals surface area contributed by atoms with E-state index < -0.39 is 0 Å². The van der Waals surface area contributed by atoms with Crippen molar-refractivity contribution >= 4 is 22.9 Å². The van der Waals surface area contributed by atoms with Gasteiger partial charge in [-0.1, -0.05) is 42.5 Å². The van der Waals surface area contributed by atoms with Crippen molar-refractivity contribution in [2.45, 2.75) is 0 Å². The first kappa shape index (κ1) is 14.3. The highest BCUT2D eigenvalue weighted by Crippen LogP contribution is 2.26. The van der Waals surface area contributed by atoms with Crippen LogP contribution in [0.5, 0.6) is 5.75 Å². The summed E-state index contributed by atoms with van der Waals surface area (Å²) in [7, 11) is 1.57. The van der Waals surface area contributed by atoms with Crippen LogP contribution in [0.25, 0.3) is 10.6 Å². The first-order valence-corrected chi connectivity index (χ1v) is 7.61. The monoisotopic (exact) mass is 310 g/mol. The van der Waals surface area contributed by atoms with E-state index in [0.29, 0.717) is 17.1 Å². The van der Waals surface area contributed by atoms with Crippen molar-refractivity contribution in [3.63, 3.8) is 0 Å². The van der Waals surface area contributed by atoms with Crippen LogP contribution in [0.2, 0.25) is 0 Å². The molecule has 0 aliphatic heterocycles. The van der Waals surface area contributed by atoms with Crippen LogP contribution in [0.3, 0.4) is 0 Å². The molecule has 0 bridgehead atoms. The van der Waals surface area contributed by atoms with Crippen LogP contribution in [-0.2, 0) is 0 Å². The Bertz CT molecular complexity index is 784. The molecule has 5 heteroatoms. The summed E-state index contributed by atoms with van der Waals surface area (Å²) in [5, 5.41) is 5.40. The molecular formula is C17H14N2O2S. The number of carbonyl (C=O) groups excluding carboxylic acids is 1. The Kier molecular flexibility index (Phi) is 4.16. The van der Waals surface area contributed by atoms with E-state index in [0.717, 1.165) is 10.6 Å². The molecule has 1 heterocycles. The number of aromatic nitrogens is 1. The summed E-state index contributed by atoms with van der Waals surface area (Å²) in [6.07, 6.45) is 0. The second-order valence-electron chi connectivity index (χ2n) is 4.56. The average molecular weight is 310 g/mol. The maximum Gasteiger partial charge on any atom is 0.275 e. The molecule has 0 aliphatic carbocycles. The summed E-state index contributed by atoms with van der Waals surface area (Å²) >= 11 is 1.45. The van der Waals surface area contributed by atoms with Crippen molar-refractivity contribution in [1.82, 2.24) is 4.98 Å². The largest absolute Gasteiger partial charge is 0.495 e. The van der Waals surface area contributed by atoms with Crippen molar-refractivity contribution in [3.05, 3.63) is 65.7 Å². The number of hydrogen-bond donors (Lipinski definition) is 1. The SMILES string of the molecule is COc1ccccc1NC(=O)c1csc(-c2ccccc2)n1. The topological polar surface area (TPSA) is 51.2 Å². The molecule has 0 spiro atoms. The molecule has 4 nitrogen and oxygen atoms in total. The lowest BCUT2D eigenvalue weighted by atomic mass is 10.2. The molecular weight excluding hydrogens is 296 g/mol. The van der Waals surface area contributed by atoms with Gasteiger partial charge >= 0.3 is 0 Å². The number of thiazole rings is 1. The van der Waals surface area contributed by atoms with Crippen LogP contribution in [0, 0.1) is 0 Å². The fraction of sp³-hybridized carbons (Fsp3) is 0.0588. The molecule has 3 rings (SSSR count). The van der Waals surface area contributed by atoms with Crippen LogP contribution in [0.1, 0.15) is 10.5 Å². The summed E-state index contributed by atoms with van der Waals surface area (Å²) in [4.78, 5) is 16.7. The van der Waals surface area contributed by atoms with Gasteiger partial charge in [-0.05, 0) is 12.1 Å². The fourth-order valence-electron chi connectivity index (χ4n) is 2.03. The summed E-state index contributed by atoms with van der Waals surface area (Å²) in [5.74, 6) is 0.372. The second kappa shape index (κ2) is 6.41. The van der Waals surface area contributed by atoms with E-state index in [2.05, 4.69) is 10.3 Å². The molecule has 2 aromatic carbocycles. The standard InChI is InChI=1S/C17H14N2O2S/c1-21-15-10-6-5-9-13(15)18-16(20)14-11-22-17(19-14)12-7-3-2-4-8-12/h2-11H,1H3,(H,18,20). The number of amides is 1. The maximum atomic E-state index is 12.3. The molecule has 0 aliphatic rings. The summed E-state index contributed by atoms with van der Waals surface area (Å²) in [6, 6.07) is 17.1. The third kappa shape index (κ3) is 2.99. The molecule has 1 N–H and O–H groups in total. The van der Waals surface area contributed by atoms with E-state index in [1.807, 2.05) is 42.5 Å². The third-order valence-electron chi connectivity index (χ3n) is 3.11. The van der Waals surface area contributed by atoms with E-state index in [1.165, 1.54) is 11.3 Å². The average Bonchev–Trinajstić information content (AvgIpc) is 3.06. The van der Waals surface area contributed by atoms with Crippen LogP contribution in [0.4, 0.5) is 5.69 Å². The van der Waals surface area contributed by atoms with Crippen LogP contribution < -0.4 is 10.1 Å². The number of rotatable bonds is 4. The van der Waals surface area contributed by atoms with Gasteiger partial charge in [-0.2, -0.15) is 0 Å². The van der Waals surface area contributed by atoms with Crippen molar-refractivity contribution in [3.8, 4) is 16.3 Å². The third-order valence-corrected chi connectivity index (χ3v) is 4.00. The van der Waals surface area contributed by atoms with Gasteiger partial charge in [-0.25, -0.2) is 4.98 Å². The lowest BCUT2D eigenvalue weighted by molar-refractivity contribution is 0.102. The molecule has 0 atom stereocenters. The lowest BCUT2D eigenvalue weighted by Crippen LogP contribution is -2.13. The van der Waals surface area contributed by atoms with Gasteiger partial charge in [0.15, 0.2) is 0 Å². The number of benzene rings is 2. The van der Waals surface area contributed by atoms with Crippen molar-refractivity contribution < 1.29 is 9.53 Å². The fourth-order valence-corrected chi connectivity index (χ4v) is 2.83. The Morgan fingerprint density at radius 2 is 1.82 bits per heavy atom. The van der Waals surface area contributed by atoms with E-state index in [4.69, 9.17) is 4.74 Å². The molecule has 1 aromatic heterocycles. The molecule has 0 fully saturated rings. The molecule has 0 saturated carbocycles. The molecule has 22 heavy (non-hydrogen) atoms. The minimum absolute atomic E-state index is 0.247. The van der Waals surface area contributed by atoms with Gasteiger partial charge in [0.2, 0.25) is 0 Å². The molecule has 3 aromatic rings. The normalized spacial score (nSPS) is 10.2. The van der Waals surface area contributed by atoms with E-state index in [1.54, 1.807) is 24.6 Å². The number of ether oxygens (including phenoxy) is 1. The number of para-hydroxylation sites is 2. The Labute approximate surface area is 132 Å². The van der Waals surface area contributed by atoms with Gasteiger partial charge in [-0.15, -0.1) is 11.3 Å². The second-order valence-corrected chi connectivity index (χ2v) is 5.42. The minimum atomic E-state index is -0.247. The predicted molar refractivity (Wildman–Crippen MR) is 88.5 cm³/mol. The maximum absolute atomic E-state index is 12.3. The van der Waals surface area contributed by atoms with E-state index >= 15 is 0 Å². The van der Waals surface area contributed by atoms with Gasteiger partial charge in [0.25, 0.3) is 5.91 Å². The molecule has 110 valence electrons. The molecule has 1 amide bonds. The zero-order valence-electron chi connectivity index (χ0n) is 11.9. The van der Waals surface area contributed by atoms with Gasteiger partial charge in [0.1, 0.15) is 16.5 Å².